The second-order valence-electron chi connectivity index (χ2n) is 6.17. The average molecular weight is 317 g/mol. The van der Waals surface area contributed by atoms with Crippen LogP contribution < -0.4 is 5.32 Å². The highest BCUT2D eigenvalue weighted by atomic mass is 16.3. The van der Waals surface area contributed by atoms with Gasteiger partial charge in [0.15, 0.2) is 0 Å². The number of aryl methyl sites for hydroxylation is 1. The van der Waals surface area contributed by atoms with Gasteiger partial charge in [0.25, 0.3) is 0 Å². The molecule has 0 bridgehead atoms. The molecule has 2 nitrogen and oxygen atoms in total. The predicted molar refractivity (Wildman–Crippen MR) is 101 cm³/mol. The van der Waals surface area contributed by atoms with Crippen LogP contribution in [0.1, 0.15) is 18.9 Å². The molecule has 3 aromatic carbocycles. The minimum Gasteiger partial charge on any atom is -0.506 e. The molecule has 0 radical (unpaired) electrons. The minimum absolute atomic E-state index is 0.290. The summed E-state index contributed by atoms with van der Waals surface area (Å²) in [4.78, 5) is 0. The fraction of sp³-hybridized carbons (Fsp3) is 0.182. The van der Waals surface area contributed by atoms with Crippen molar-refractivity contribution in [2.45, 2.75) is 25.8 Å². The van der Waals surface area contributed by atoms with E-state index in [2.05, 4.69) is 36.5 Å². The van der Waals surface area contributed by atoms with Gasteiger partial charge in [0, 0.05) is 6.04 Å². The van der Waals surface area contributed by atoms with Crippen molar-refractivity contribution in [1.82, 2.24) is 0 Å². The Morgan fingerprint density at radius 1 is 0.833 bits per heavy atom. The number of rotatable bonds is 6. The molecule has 0 aliphatic carbocycles. The topological polar surface area (TPSA) is 32.3 Å². The molecule has 0 spiro atoms. The normalized spacial score (nSPS) is 11.9. The number of nitrogens with one attached hydrogen (secondary N) is 1. The van der Waals surface area contributed by atoms with Crippen molar-refractivity contribution in [1.29, 1.82) is 0 Å². The summed E-state index contributed by atoms with van der Waals surface area (Å²) in [6.45, 7) is 2.15. The molecule has 3 aromatic rings. The molecule has 0 amide bonds. The lowest BCUT2D eigenvalue weighted by molar-refractivity contribution is 0.476. The average Bonchev–Trinajstić information content (AvgIpc) is 2.63. The quantitative estimate of drug-likeness (QED) is 0.589. The van der Waals surface area contributed by atoms with Gasteiger partial charge in [0.05, 0.1) is 5.69 Å². The first kappa shape index (κ1) is 16.1. The highest BCUT2D eigenvalue weighted by Crippen LogP contribution is 2.30. The third-order valence-corrected chi connectivity index (χ3v) is 4.22. The fourth-order valence-electron chi connectivity index (χ4n) is 2.83. The molecule has 0 saturated carbocycles. The lowest BCUT2D eigenvalue weighted by atomic mass is 10.0. The summed E-state index contributed by atoms with van der Waals surface area (Å²) in [5.74, 6) is 0.294. The van der Waals surface area contributed by atoms with Gasteiger partial charge in [-0.15, -0.1) is 0 Å². The Balaban J connectivity index is 1.63. The molecule has 122 valence electrons. The third-order valence-electron chi connectivity index (χ3n) is 4.22. The van der Waals surface area contributed by atoms with Crippen LogP contribution in [-0.4, -0.2) is 11.1 Å². The molecule has 3 rings (SSSR count). The third kappa shape index (κ3) is 4.17. The van der Waals surface area contributed by atoms with Crippen molar-refractivity contribution in [3.63, 3.8) is 0 Å². The summed E-state index contributed by atoms with van der Waals surface area (Å²) < 4.78 is 0. The molecule has 24 heavy (non-hydrogen) atoms. The Labute approximate surface area is 143 Å². The van der Waals surface area contributed by atoms with E-state index in [4.69, 9.17) is 0 Å². The summed E-state index contributed by atoms with van der Waals surface area (Å²) >= 11 is 0. The molecule has 0 aromatic heterocycles. The van der Waals surface area contributed by atoms with Crippen LogP contribution >= 0.6 is 0 Å². The van der Waals surface area contributed by atoms with Gasteiger partial charge in [0.2, 0.25) is 0 Å². The first-order valence-corrected chi connectivity index (χ1v) is 8.41. The molecule has 0 aliphatic heterocycles. The van der Waals surface area contributed by atoms with Gasteiger partial charge in [-0.2, -0.15) is 0 Å². The first-order valence-electron chi connectivity index (χ1n) is 8.41. The highest BCUT2D eigenvalue weighted by molar-refractivity contribution is 5.70. The van der Waals surface area contributed by atoms with Crippen molar-refractivity contribution in [2.24, 2.45) is 0 Å². The van der Waals surface area contributed by atoms with Gasteiger partial charge in [-0.1, -0.05) is 66.7 Å². The lowest BCUT2D eigenvalue weighted by Crippen LogP contribution is -2.16. The molecular weight excluding hydrogens is 294 g/mol. The molecule has 2 N–H and O–H groups in total. The van der Waals surface area contributed by atoms with Gasteiger partial charge in [-0.25, -0.2) is 0 Å². The predicted octanol–water partition coefficient (Wildman–Crippen LogP) is 5.49. The Kier molecular flexibility index (Phi) is 5.17. The fourth-order valence-corrected chi connectivity index (χ4v) is 2.83. The highest BCUT2D eigenvalue weighted by Gasteiger charge is 2.08. The van der Waals surface area contributed by atoms with Crippen LogP contribution in [0, 0.1) is 0 Å². The Morgan fingerprint density at radius 2 is 1.50 bits per heavy atom. The Bertz CT molecular complexity index is 768. The largest absolute Gasteiger partial charge is 0.506 e. The van der Waals surface area contributed by atoms with Crippen molar-refractivity contribution in [3.8, 4) is 16.9 Å². The van der Waals surface area contributed by atoms with E-state index in [0.29, 0.717) is 11.8 Å². The van der Waals surface area contributed by atoms with Crippen molar-refractivity contribution >= 4 is 5.69 Å². The van der Waals surface area contributed by atoms with E-state index in [0.717, 1.165) is 29.7 Å². The number of phenols is 1. The smallest absolute Gasteiger partial charge is 0.139 e. The van der Waals surface area contributed by atoms with Gasteiger partial charge >= 0.3 is 0 Å². The second-order valence-corrected chi connectivity index (χ2v) is 6.17. The maximum absolute atomic E-state index is 10.3. The molecule has 0 fully saturated rings. The molecule has 2 heteroatoms. The summed E-state index contributed by atoms with van der Waals surface area (Å²) in [6, 6.07) is 26.7. The van der Waals surface area contributed by atoms with Crippen LogP contribution in [0.4, 0.5) is 5.69 Å². The second kappa shape index (κ2) is 7.69. The van der Waals surface area contributed by atoms with E-state index < -0.39 is 0 Å². The number of aromatic hydroxyl groups is 1. The Morgan fingerprint density at radius 3 is 2.17 bits per heavy atom. The molecule has 0 aliphatic rings. The van der Waals surface area contributed by atoms with E-state index in [9.17, 15) is 5.11 Å². The Hall–Kier alpha value is -2.74. The zero-order valence-electron chi connectivity index (χ0n) is 13.9. The summed E-state index contributed by atoms with van der Waals surface area (Å²) in [7, 11) is 0. The van der Waals surface area contributed by atoms with Crippen molar-refractivity contribution < 1.29 is 5.11 Å². The van der Waals surface area contributed by atoms with E-state index >= 15 is 0 Å². The summed E-state index contributed by atoms with van der Waals surface area (Å²) in [5, 5.41) is 13.7. The number of benzene rings is 3. The van der Waals surface area contributed by atoms with Crippen LogP contribution in [0.25, 0.3) is 11.1 Å². The van der Waals surface area contributed by atoms with E-state index in [-0.39, 0.29) is 0 Å². The zero-order chi connectivity index (χ0) is 16.8. The number of hydrogen-bond donors (Lipinski definition) is 2. The van der Waals surface area contributed by atoms with E-state index in [1.54, 1.807) is 0 Å². The van der Waals surface area contributed by atoms with Crippen molar-refractivity contribution in [2.75, 3.05) is 5.32 Å². The minimum atomic E-state index is 0.290. The maximum atomic E-state index is 10.3. The van der Waals surface area contributed by atoms with Gasteiger partial charge < -0.3 is 10.4 Å². The lowest BCUT2D eigenvalue weighted by Gasteiger charge is -2.17. The van der Waals surface area contributed by atoms with Crippen LogP contribution in [0.5, 0.6) is 5.75 Å². The van der Waals surface area contributed by atoms with Gasteiger partial charge in [-0.3, -0.25) is 0 Å². The monoisotopic (exact) mass is 317 g/mol. The molecule has 0 saturated heterocycles. The standard InChI is InChI=1S/C22H23NO/c1-17(12-13-18-8-4-2-5-9-18)23-21-15-14-20(16-22(21)24)19-10-6-3-7-11-19/h2-11,14-17,23-24H,12-13H2,1H3. The van der Waals surface area contributed by atoms with Gasteiger partial charge in [-0.05, 0) is 48.6 Å². The molecule has 1 atom stereocenters. The molecule has 0 heterocycles. The molecular formula is C22H23NO. The van der Waals surface area contributed by atoms with E-state index in [1.807, 2.05) is 54.6 Å². The summed E-state index contributed by atoms with van der Waals surface area (Å²) in [5.41, 5.74) is 4.26. The summed E-state index contributed by atoms with van der Waals surface area (Å²) in [6.07, 6.45) is 2.04. The maximum Gasteiger partial charge on any atom is 0.139 e. The number of hydrogen-bond acceptors (Lipinski definition) is 2. The van der Waals surface area contributed by atoms with Gasteiger partial charge in [0.1, 0.15) is 5.75 Å². The first-order chi connectivity index (χ1) is 11.7. The van der Waals surface area contributed by atoms with Crippen molar-refractivity contribution in [3.05, 3.63) is 84.4 Å². The van der Waals surface area contributed by atoms with E-state index in [1.165, 1.54) is 5.56 Å². The zero-order valence-corrected chi connectivity index (χ0v) is 13.9. The number of anilines is 1. The van der Waals surface area contributed by atoms with Crippen LogP contribution in [-0.2, 0) is 6.42 Å². The van der Waals surface area contributed by atoms with Crippen LogP contribution in [0.2, 0.25) is 0 Å². The number of phenolic OH excluding ortho intramolecular Hbond substituents is 1. The van der Waals surface area contributed by atoms with Crippen LogP contribution in [0.3, 0.4) is 0 Å². The molecule has 1 unspecified atom stereocenters. The SMILES string of the molecule is CC(CCc1ccccc1)Nc1ccc(-c2ccccc2)cc1O. The van der Waals surface area contributed by atoms with Crippen LogP contribution in [0.15, 0.2) is 78.9 Å².